The molecule has 0 saturated carbocycles. The molecule has 0 aliphatic carbocycles. The van der Waals surface area contributed by atoms with Crippen molar-refractivity contribution in [2.24, 2.45) is 5.92 Å². The molecule has 1 aliphatic heterocycles. The predicted octanol–water partition coefficient (Wildman–Crippen LogP) is 2.46. The molecule has 1 aromatic carbocycles. The zero-order chi connectivity index (χ0) is 8.55. The lowest BCUT2D eigenvalue weighted by atomic mass is 9.98. The molecular weight excluding hydrogens is 168 g/mol. The van der Waals surface area contributed by atoms with Crippen LogP contribution in [-0.2, 0) is 0 Å². The quantitative estimate of drug-likeness (QED) is 0.662. The van der Waals surface area contributed by atoms with E-state index in [0.29, 0.717) is 5.92 Å². The van der Waals surface area contributed by atoms with Gasteiger partial charge in [-0.1, -0.05) is 25.1 Å². The largest absolute Gasteiger partial charge is 0.388 e. The van der Waals surface area contributed by atoms with Gasteiger partial charge in [0.25, 0.3) is 0 Å². The number of benzene rings is 1. The Balaban J connectivity index is 2.42. The van der Waals surface area contributed by atoms with E-state index in [1.165, 1.54) is 4.90 Å². The SMILES string of the molecule is CC1CSc2ccccc2C1O. The standard InChI is InChI=1S/C10H12OS/c1-7-6-12-9-5-3-2-4-8(9)10(7)11/h2-5,7,10-11H,6H2,1H3. The molecule has 0 fully saturated rings. The summed E-state index contributed by atoms with van der Waals surface area (Å²) >= 11 is 1.84. The van der Waals surface area contributed by atoms with Gasteiger partial charge in [-0.3, -0.25) is 0 Å². The molecule has 12 heavy (non-hydrogen) atoms. The lowest BCUT2D eigenvalue weighted by Gasteiger charge is -2.26. The minimum atomic E-state index is -0.262. The van der Waals surface area contributed by atoms with Crippen molar-refractivity contribution in [1.29, 1.82) is 0 Å². The Morgan fingerprint density at radius 3 is 3.00 bits per heavy atom. The second-order valence-corrected chi connectivity index (χ2v) is 4.33. The lowest BCUT2D eigenvalue weighted by molar-refractivity contribution is 0.124. The van der Waals surface area contributed by atoms with Gasteiger partial charge in [-0.25, -0.2) is 0 Å². The first-order valence-corrected chi connectivity index (χ1v) is 5.17. The summed E-state index contributed by atoms with van der Waals surface area (Å²) in [5, 5.41) is 9.82. The van der Waals surface area contributed by atoms with E-state index in [1.54, 1.807) is 0 Å². The Bertz CT molecular complexity index is 285. The fourth-order valence-electron chi connectivity index (χ4n) is 1.48. The highest BCUT2D eigenvalue weighted by Gasteiger charge is 2.24. The highest BCUT2D eigenvalue weighted by molar-refractivity contribution is 7.99. The number of thioether (sulfide) groups is 1. The molecule has 1 aromatic rings. The molecule has 2 atom stereocenters. The van der Waals surface area contributed by atoms with E-state index < -0.39 is 0 Å². The maximum absolute atomic E-state index is 9.82. The van der Waals surface area contributed by atoms with Crippen LogP contribution in [0.1, 0.15) is 18.6 Å². The Morgan fingerprint density at radius 2 is 2.17 bits per heavy atom. The fraction of sp³-hybridized carbons (Fsp3) is 0.400. The van der Waals surface area contributed by atoms with E-state index in [1.807, 2.05) is 30.0 Å². The second kappa shape index (κ2) is 3.11. The van der Waals surface area contributed by atoms with Crippen molar-refractivity contribution in [3.8, 4) is 0 Å². The van der Waals surface area contributed by atoms with Crippen LogP contribution in [0, 0.1) is 5.92 Å². The van der Waals surface area contributed by atoms with Crippen molar-refractivity contribution in [3.05, 3.63) is 29.8 Å². The zero-order valence-corrected chi connectivity index (χ0v) is 7.84. The summed E-state index contributed by atoms with van der Waals surface area (Å²) in [6.07, 6.45) is -0.262. The van der Waals surface area contributed by atoms with Gasteiger partial charge in [0.1, 0.15) is 0 Å². The Kier molecular flexibility index (Phi) is 2.11. The average Bonchev–Trinajstić information content (AvgIpc) is 2.12. The van der Waals surface area contributed by atoms with Crippen molar-refractivity contribution in [1.82, 2.24) is 0 Å². The minimum Gasteiger partial charge on any atom is -0.388 e. The van der Waals surface area contributed by atoms with Gasteiger partial charge >= 0.3 is 0 Å². The third-order valence-electron chi connectivity index (χ3n) is 2.28. The van der Waals surface area contributed by atoms with Crippen molar-refractivity contribution in [2.75, 3.05) is 5.75 Å². The fourth-order valence-corrected chi connectivity index (χ4v) is 2.63. The number of hydrogen-bond acceptors (Lipinski definition) is 2. The van der Waals surface area contributed by atoms with Crippen LogP contribution >= 0.6 is 11.8 Å². The van der Waals surface area contributed by atoms with Crippen LogP contribution in [0.4, 0.5) is 0 Å². The number of hydrogen-bond donors (Lipinski definition) is 1. The van der Waals surface area contributed by atoms with Crippen LogP contribution in [-0.4, -0.2) is 10.9 Å². The molecule has 2 unspecified atom stereocenters. The molecule has 1 N–H and O–H groups in total. The van der Waals surface area contributed by atoms with E-state index in [0.717, 1.165) is 11.3 Å². The van der Waals surface area contributed by atoms with Gasteiger partial charge in [0.05, 0.1) is 6.10 Å². The van der Waals surface area contributed by atoms with Gasteiger partial charge in [-0.15, -0.1) is 11.8 Å². The molecule has 0 bridgehead atoms. The third-order valence-corrected chi connectivity index (χ3v) is 3.65. The normalized spacial score (nSPS) is 28.2. The first-order valence-electron chi connectivity index (χ1n) is 4.19. The molecule has 64 valence electrons. The highest BCUT2D eigenvalue weighted by Crippen LogP contribution is 2.38. The van der Waals surface area contributed by atoms with Gasteiger partial charge in [0.2, 0.25) is 0 Å². The van der Waals surface area contributed by atoms with Gasteiger partial charge < -0.3 is 5.11 Å². The van der Waals surface area contributed by atoms with Crippen LogP contribution in [0.3, 0.4) is 0 Å². The lowest BCUT2D eigenvalue weighted by Crippen LogP contribution is -2.16. The molecule has 2 heteroatoms. The molecule has 0 saturated heterocycles. The minimum absolute atomic E-state index is 0.262. The van der Waals surface area contributed by atoms with E-state index in [9.17, 15) is 5.11 Å². The molecule has 0 spiro atoms. The number of aliphatic hydroxyl groups is 1. The Morgan fingerprint density at radius 1 is 1.42 bits per heavy atom. The average molecular weight is 180 g/mol. The molecule has 0 aromatic heterocycles. The van der Waals surface area contributed by atoms with Crippen molar-refractivity contribution in [2.45, 2.75) is 17.9 Å². The molecular formula is C10H12OS. The molecule has 1 aliphatic rings. The molecule has 2 rings (SSSR count). The first kappa shape index (κ1) is 8.14. The maximum Gasteiger partial charge on any atom is 0.0834 e. The van der Waals surface area contributed by atoms with Crippen LogP contribution in [0.2, 0.25) is 0 Å². The highest BCUT2D eigenvalue weighted by atomic mass is 32.2. The maximum atomic E-state index is 9.82. The van der Waals surface area contributed by atoms with E-state index in [-0.39, 0.29) is 6.10 Å². The summed E-state index contributed by atoms with van der Waals surface area (Å²) in [5.41, 5.74) is 1.10. The summed E-state index contributed by atoms with van der Waals surface area (Å²) in [7, 11) is 0. The van der Waals surface area contributed by atoms with Gasteiger partial charge in [0, 0.05) is 10.6 Å². The number of aliphatic hydroxyl groups excluding tert-OH is 1. The van der Waals surface area contributed by atoms with Crippen LogP contribution in [0.15, 0.2) is 29.2 Å². The van der Waals surface area contributed by atoms with Gasteiger partial charge in [-0.05, 0) is 17.5 Å². The molecule has 1 heterocycles. The summed E-state index contributed by atoms with van der Waals surface area (Å²) in [6, 6.07) is 8.10. The van der Waals surface area contributed by atoms with Crippen molar-refractivity contribution in [3.63, 3.8) is 0 Å². The zero-order valence-electron chi connectivity index (χ0n) is 7.03. The van der Waals surface area contributed by atoms with Gasteiger partial charge in [-0.2, -0.15) is 0 Å². The monoisotopic (exact) mass is 180 g/mol. The van der Waals surface area contributed by atoms with Crippen LogP contribution in [0.5, 0.6) is 0 Å². The Labute approximate surface area is 76.8 Å². The number of fused-ring (bicyclic) bond motifs is 1. The molecule has 1 nitrogen and oxygen atoms in total. The molecule has 0 amide bonds. The summed E-state index contributed by atoms with van der Waals surface area (Å²) in [5.74, 6) is 1.41. The smallest absolute Gasteiger partial charge is 0.0834 e. The van der Waals surface area contributed by atoms with Crippen LogP contribution < -0.4 is 0 Å². The van der Waals surface area contributed by atoms with Gasteiger partial charge in [0.15, 0.2) is 0 Å². The van der Waals surface area contributed by atoms with E-state index in [2.05, 4.69) is 13.0 Å². The van der Waals surface area contributed by atoms with E-state index in [4.69, 9.17) is 0 Å². The first-order chi connectivity index (χ1) is 5.79. The van der Waals surface area contributed by atoms with Crippen molar-refractivity contribution < 1.29 is 5.11 Å². The van der Waals surface area contributed by atoms with E-state index >= 15 is 0 Å². The second-order valence-electron chi connectivity index (χ2n) is 3.27. The topological polar surface area (TPSA) is 20.2 Å². The number of rotatable bonds is 0. The summed E-state index contributed by atoms with van der Waals surface area (Å²) < 4.78 is 0. The Hall–Kier alpha value is -0.470. The predicted molar refractivity (Wildman–Crippen MR) is 51.3 cm³/mol. The summed E-state index contributed by atoms with van der Waals surface area (Å²) in [4.78, 5) is 1.24. The summed E-state index contributed by atoms with van der Waals surface area (Å²) in [6.45, 7) is 2.09. The van der Waals surface area contributed by atoms with Crippen LogP contribution in [0.25, 0.3) is 0 Å². The third kappa shape index (κ3) is 1.25. The molecule has 0 radical (unpaired) electrons. The van der Waals surface area contributed by atoms with Crippen molar-refractivity contribution >= 4 is 11.8 Å².